The summed E-state index contributed by atoms with van der Waals surface area (Å²) in [5, 5.41) is 0. The molecule has 2 atom stereocenters. The van der Waals surface area contributed by atoms with Gasteiger partial charge in [-0.1, -0.05) is 12.1 Å². The van der Waals surface area contributed by atoms with Crippen molar-refractivity contribution in [1.29, 1.82) is 0 Å². The van der Waals surface area contributed by atoms with Crippen LogP contribution >= 0.6 is 0 Å². The second-order valence-corrected chi connectivity index (χ2v) is 8.86. The van der Waals surface area contributed by atoms with Crippen molar-refractivity contribution < 1.29 is 13.2 Å². The van der Waals surface area contributed by atoms with Gasteiger partial charge in [-0.05, 0) is 29.5 Å². The minimum absolute atomic E-state index is 0.0807. The number of carbonyl (C=O) groups excluding carboxylic acids is 1. The van der Waals surface area contributed by atoms with Crippen LogP contribution in [0.1, 0.15) is 5.56 Å². The molecule has 1 aromatic heterocycles. The molecule has 24 heavy (non-hydrogen) atoms. The Morgan fingerprint density at radius 3 is 2.38 bits per heavy atom. The van der Waals surface area contributed by atoms with E-state index in [0.717, 1.165) is 11.3 Å². The number of hydrogen-bond donors (Lipinski definition) is 0. The first kappa shape index (κ1) is 15.4. The first-order chi connectivity index (χ1) is 11.5. The standard InChI is InChI=1S/C17H19N3O3S/c21-17(20-8-14-10-24(22,23)11-15(14)9-20)7-13-1-3-16(4-2-13)19-6-5-18-12-19/h1-6,12,14-15H,7-11H2/t14-,15+. The predicted octanol–water partition coefficient (Wildman–Crippen LogP) is 0.918. The molecule has 1 aromatic carbocycles. The fraction of sp³-hybridized carbons (Fsp3) is 0.412. The second kappa shape index (κ2) is 5.73. The number of fused-ring (bicyclic) bond motifs is 1. The fourth-order valence-electron chi connectivity index (χ4n) is 3.72. The van der Waals surface area contributed by atoms with E-state index in [-0.39, 0.29) is 29.2 Å². The summed E-state index contributed by atoms with van der Waals surface area (Å²) in [6, 6.07) is 7.84. The van der Waals surface area contributed by atoms with Crippen molar-refractivity contribution in [2.24, 2.45) is 11.8 Å². The number of hydrogen-bond acceptors (Lipinski definition) is 4. The van der Waals surface area contributed by atoms with E-state index in [1.165, 1.54) is 0 Å². The lowest BCUT2D eigenvalue weighted by atomic mass is 10.0. The number of benzene rings is 1. The van der Waals surface area contributed by atoms with Crippen molar-refractivity contribution in [3.8, 4) is 5.69 Å². The molecule has 2 saturated heterocycles. The number of carbonyl (C=O) groups is 1. The molecule has 2 aliphatic rings. The number of imidazole rings is 1. The van der Waals surface area contributed by atoms with Gasteiger partial charge in [0.1, 0.15) is 0 Å². The van der Waals surface area contributed by atoms with Crippen LogP contribution in [0.2, 0.25) is 0 Å². The highest BCUT2D eigenvalue weighted by atomic mass is 32.2. The van der Waals surface area contributed by atoms with Crippen molar-refractivity contribution >= 4 is 15.7 Å². The molecule has 0 spiro atoms. The van der Waals surface area contributed by atoms with Gasteiger partial charge in [0, 0.05) is 31.2 Å². The quantitative estimate of drug-likeness (QED) is 0.829. The van der Waals surface area contributed by atoms with Gasteiger partial charge in [0.2, 0.25) is 5.91 Å². The van der Waals surface area contributed by atoms with Gasteiger partial charge in [-0.25, -0.2) is 13.4 Å². The van der Waals surface area contributed by atoms with Crippen LogP contribution in [0.4, 0.5) is 0 Å². The lowest BCUT2D eigenvalue weighted by molar-refractivity contribution is -0.129. The highest BCUT2D eigenvalue weighted by molar-refractivity contribution is 7.91. The van der Waals surface area contributed by atoms with E-state index in [1.54, 1.807) is 12.5 Å². The highest BCUT2D eigenvalue weighted by Gasteiger charge is 2.44. The zero-order valence-electron chi connectivity index (χ0n) is 13.2. The number of sulfone groups is 1. The summed E-state index contributed by atoms with van der Waals surface area (Å²) in [5.74, 6) is 0.810. The van der Waals surface area contributed by atoms with Gasteiger partial charge < -0.3 is 9.47 Å². The average Bonchev–Trinajstić information content (AvgIpc) is 3.22. The molecule has 0 saturated carbocycles. The molecule has 2 aliphatic heterocycles. The topological polar surface area (TPSA) is 72.3 Å². The summed E-state index contributed by atoms with van der Waals surface area (Å²) in [4.78, 5) is 18.3. The lowest BCUT2D eigenvalue weighted by Crippen LogP contribution is -2.32. The first-order valence-corrected chi connectivity index (χ1v) is 9.88. The Bertz CT molecular complexity index is 824. The van der Waals surface area contributed by atoms with E-state index >= 15 is 0 Å². The number of aromatic nitrogens is 2. The number of likely N-dealkylation sites (tertiary alicyclic amines) is 1. The molecule has 3 heterocycles. The molecule has 126 valence electrons. The van der Waals surface area contributed by atoms with Crippen LogP contribution < -0.4 is 0 Å². The van der Waals surface area contributed by atoms with Gasteiger partial charge in [-0.15, -0.1) is 0 Å². The van der Waals surface area contributed by atoms with Crippen LogP contribution in [0.5, 0.6) is 0 Å². The van der Waals surface area contributed by atoms with Gasteiger partial charge in [-0.2, -0.15) is 0 Å². The molecule has 4 rings (SSSR count). The maximum Gasteiger partial charge on any atom is 0.227 e. The number of rotatable bonds is 3. The molecule has 0 unspecified atom stereocenters. The van der Waals surface area contributed by atoms with Crippen LogP contribution in [0, 0.1) is 11.8 Å². The smallest absolute Gasteiger partial charge is 0.227 e. The molecule has 0 radical (unpaired) electrons. The Labute approximate surface area is 141 Å². The van der Waals surface area contributed by atoms with Gasteiger partial charge in [0.15, 0.2) is 9.84 Å². The van der Waals surface area contributed by atoms with Gasteiger partial charge in [-0.3, -0.25) is 4.79 Å². The molecule has 1 amide bonds. The van der Waals surface area contributed by atoms with E-state index < -0.39 is 9.84 Å². The van der Waals surface area contributed by atoms with E-state index in [9.17, 15) is 13.2 Å². The van der Waals surface area contributed by atoms with Crippen LogP contribution in [0.15, 0.2) is 43.0 Å². The monoisotopic (exact) mass is 345 g/mol. The summed E-state index contributed by atoms with van der Waals surface area (Å²) in [6.07, 6.45) is 5.69. The zero-order valence-corrected chi connectivity index (χ0v) is 14.0. The molecule has 6 nitrogen and oxygen atoms in total. The van der Waals surface area contributed by atoms with Crippen molar-refractivity contribution in [2.75, 3.05) is 24.6 Å². The highest BCUT2D eigenvalue weighted by Crippen LogP contribution is 2.32. The second-order valence-electron chi connectivity index (χ2n) is 6.71. The maximum atomic E-state index is 12.5. The Balaban J connectivity index is 1.39. The summed E-state index contributed by atoms with van der Waals surface area (Å²) in [6.45, 7) is 1.16. The maximum absolute atomic E-state index is 12.5. The fourth-order valence-corrected chi connectivity index (χ4v) is 5.92. The van der Waals surface area contributed by atoms with E-state index in [2.05, 4.69) is 4.98 Å². The third-order valence-corrected chi connectivity index (χ3v) is 6.83. The molecule has 2 aromatic rings. The predicted molar refractivity (Wildman–Crippen MR) is 89.5 cm³/mol. The summed E-state index contributed by atoms with van der Waals surface area (Å²) in [7, 11) is -2.89. The normalized spacial score (nSPS) is 24.9. The Morgan fingerprint density at radius 1 is 1.12 bits per heavy atom. The summed E-state index contributed by atoms with van der Waals surface area (Å²) in [5.41, 5.74) is 1.97. The number of amides is 1. The average molecular weight is 345 g/mol. The largest absolute Gasteiger partial charge is 0.342 e. The van der Waals surface area contributed by atoms with Crippen LogP contribution in [0.25, 0.3) is 5.69 Å². The molecule has 7 heteroatoms. The lowest BCUT2D eigenvalue weighted by Gasteiger charge is -2.17. The molecule has 2 fully saturated rings. The third-order valence-electron chi connectivity index (χ3n) is 4.96. The zero-order chi connectivity index (χ0) is 16.7. The first-order valence-electron chi connectivity index (χ1n) is 8.06. The minimum Gasteiger partial charge on any atom is -0.342 e. The molecule has 0 bridgehead atoms. The summed E-state index contributed by atoms with van der Waals surface area (Å²) >= 11 is 0. The van der Waals surface area contributed by atoms with Crippen molar-refractivity contribution in [1.82, 2.24) is 14.5 Å². The van der Waals surface area contributed by atoms with Crippen molar-refractivity contribution in [3.63, 3.8) is 0 Å². The molecular weight excluding hydrogens is 326 g/mol. The third kappa shape index (κ3) is 2.96. The SMILES string of the molecule is O=C(Cc1ccc(-n2ccnc2)cc1)N1C[C@@H]2CS(=O)(=O)C[C@@H]2C1. The van der Waals surface area contributed by atoms with Gasteiger partial charge in [0.05, 0.1) is 24.3 Å². The Hall–Kier alpha value is -2.15. The minimum atomic E-state index is -2.89. The molecular formula is C17H19N3O3S. The molecule has 0 aliphatic carbocycles. The van der Waals surface area contributed by atoms with Crippen LogP contribution in [-0.4, -0.2) is 53.4 Å². The summed E-state index contributed by atoms with van der Waals surface area (Å²) < 4.78 is 25.2. The van der Waals surface area contributed by atoms with Crippen LogP contribution in [0.3, 0.4) is 0 Å². The van der Waals surface area contributed by atoms with Crippen molar-refractivity contribution in [2.45, 2.75) is 6.42 Å². The van der Waals surface area contributed by atoms with Crippen molar-refractivity contribution in [3.05, 3.63) is 48.5 Å². The Kier molecular flexibility index (Phi) is 3.68. The van der Waals surface area contributed by atoms with E-state index in [1.807, 2.05) is 39.9 Å². The van der Waals surface area contributed by atoms with Gasteiger partial charge in [0.25, 0.3) is 0 Å². The van der Waals surface area contributed by atoms with E-state index in [0.29, 0.717) is 19.5 Å². The van der Waals surface area contributed by atoms with Gasteiger partial charge >= 0.3 is 0 Å². The van der Waals surface area contributed by atoms with E-state index in [4.69, 9.17) is 0 Å². The Morgan fingerprint density at radius 2 is 1.79 bits per heavy atom. The molecule has 0 N–H and O–H groups in total. The number of nitrogens with zero attached hydrogens (tertiary/aromatic N) is 3. The van der Waals surface area contributed by atoms with Crippen LogP contribution in [-0.2, 0) is 21.1 Å².